The molecule has 3 aromatic rings. The first-order valence-electron chi connectivity index (χ1n) is 9.35. The maximum atomic E-state index is 12.5. The number of fused-ring (bicyclic) bond motifs is 1. The summed E-state index contributed by atoms with van der Waals surface area (Å²) in [5, 5.41) is 3.22. The number of carbonyl (C=O) groups is 1. The van der Waals surface area contributed by atoms with E-state index in [9.17, 15) is 4.79 Å². The molecule has 4 rings (SSSR count). The van der Waals surface area contributed by atoms with Crippen molar-refractivity contribution < 1.29 is 4.79 Å². The third-order valence-electron chi connectivity index (χ3n) is 4.95. The molecule has 3 heterocycles. The second-order valence-corrected chi connectivity index (χ2v) is 7.08. The number of piperazine rings is 1. The van der Waals surface area contributed by atoms with Crippen LogP contribution in [0.5, 0.6) is 0 Å². The number of benzene rings is 1. The molecule has 0 aliphatic carbocycles. The van der Waals surface area contributed by atoms with E-state index in [4.69, 9.17) is 11.6 Å². The van der Waals surface area contributed by atoms with Crippen LogP contribution in [0.1, 0.15) is 12.5 Å². The first-order chi connectivity index (χ1) is 13.6. The molecule has 28 heavy (non-hydrogen) atoms. The zero-order chi connectivity index (χ0) is 19.5. The van der Waals surface area contributed by atoms with Gasteiger partial charge >= 0.3 is 0 Å². The Labute approximate surface area is 167 Å². The van der Waals surface area contributed by atoms with Crippen LogP contribution in [0.2, 0.25) is 5.28 Å². The molecular formula is C19H22ClN7O. The van der Waals surface area contributed by atoms with Crippen molar-refractivity contribution in [3.05, 3.63) is 41.4 Å². The highest BCUT2D eigenvalue weighted by atomic mass is 35.5. The fourth-order valence-corrected chi connectivity index (χ4v) is 3.64. The fraction of sp³-hybridized carbons (Fsp3) is 0.368. The van der Waals surface area contributed by atoms with Crippen molar-refractivity contribution >= 4 is 40.2 Å². The number of hydrogen-bond donors (Lipinski definition) is 2. The van der Waals surface area contributed by atoms with Crippen LogP contribution in [0.4, 0.5) is 11.5 Å². The van der Waals surface area contributed by atoms with E-state index >= 15 is 0 Å². The molecule has 0 unspecified atom stereocenters. The molecule has 1 amide bonds. The van der Waals surface area contributed by atoms with Gasteiger partial charge in [-0.2, -0.15) is 9.97 Å². The Morgan fingerprint density at radius 3 is 2.79 bits per heavy atom. The van der Waals surface area contributed by atoms with Gasteiger partial charge in [-0.15, -0.1) is 0 Å². The van der Waals surface area contributed by atoms with Crippen molar-refractivity contribution in [3.63, 3.8) is 0 Å². The Kier molecular flexibility index (Phi) is 5.40. The number of aromatic nitrogens is 4. The van der Waals surface area contributed by atoms with Crippen molar-refractivity contribution in [1.29, 1.82) is 0 Å². The number of H-pyrrole nitrogens is 1. The lowest BCUT2D eigenvalue weighted by Crippen LogP contribution is -2.49. The van der Waals surface area contributed by atoms with E-state index in [0.29, 0.717) is 12.2 Å². The van der Waals surface area contributed by atoms with Gasteiger partial charge in [-0.3, -0.25) is 9.69 Å². The quantitative estimate of drug-likeness (QED) is 0.640. The minimum Gasteiger partial charge on any atom is -0.352 e. The number of imidazole rings is 1. The maximum Gasteiger partial charge on any atom is 0.238 e. The van der Waals surface area contributed by atoms with Crippen LogP contribution in [0.15, 0.2) is 30.6 Å². The number of nitrogens with one attached hydrogen (secondary N) is 2. The van der Waals surface area contributed by atoms with E-state index in [0.717, 1.165) is 55.2 Å². The number of para-hydroxylation sites is 1. The summed E-state index contributed by atoms with van der Waals surface area (Å²) in [4.78, 5) is 32.5. The monoisotopic (exact) mass is 399 g/mol. The van der Waals surface area contributed by atoms with Crippen molar-refractivity contribution in [2.45, 2.75) is 13.3 Å². The normalized spacial score (nSPS) is 15.1. The summed E-state index contributed by atoms with van der Waals surface area (Å²) in [5.74, 6) is 0.767. The lowest BCUT2D eigenvalue weighted by atomic mass is 10.1. The predicted molar refractivity (Wildman–Crippen MR) is 110 cm³/mol. The molecule has 2 N–H and O–H groups in total. The lowest BCUT2D eigenvalue weighted by molar-refractivity contribution is -0.117. The van der Waals surface area contributed by atoms with E-state index in [2.05, 4.69) is 42.0 Å². The molecule has 1 aromatic carbocycles. The summed E-state index contributed by atoms with van der Waals surface area (Å²) >= 11 is 6.03. The molecule has 0 spiro atoms. The Bertz CT molecular complexity index is 981. The molecule has 0 bridgehead atoms. The SMILES string of the molecule is CCc1ccccc1NC(=O)CN1CCN(c2nc(Cl)nc3nc[nH]c23)CC1. The number of hydrogen-bond acceptors (Lipinski definition) is 6. The van der Waals surface area contributed by atoms with Crippen molar-refractivity contribution in [2.24, 2.45) is 0 Å². The van der Waals surface area contributed by atoms with Crippen LogP contribution < -0.4 is 10.2 Å². The van der Waals surface area contributed by atoms with Crippen molar-refractivity contribution in [1.82, 2.24) is 24.8 Å². The van der Waals surface area contributed by atoms with Gasteiger partial charge in [0.1, 0.15) is 5.52 Å². The van der Waals surface area contributed by atoms with Gasteiger partial charge in [0.05, 0.1) is 12.9 Å². The summed E-state index contributed by atoms with van der Waals surface area (Å²) in [5.41, 5.74) is 3.38. The summed E-state index contributed by atoms with van der Waals surface area (Å²) in [6.07, 6.45) is 2.48. The molecule has 1 saturated heterocycles. The first kappa shape index (κ1) is 18.6. The van der Waals surface area contributed by atoms with Crippen molar-refractivity contribution in [3.8, 4) is 0 Å². The number of nitrogens with zero attached hydrogens (tertiary/aromatic N) is 5. The highest BCUT2D eigenvalue weighted by molar-refractivity contribution is 6.28. The molecule has 0 radical (unpaired) electrons. The third kappa shape index (κ3) is 3.93. The average molecular weight is 400 g/mol. The van der Waals surface area contributed by atoms with Crippen LogP contribution in [0.3, 0.4) is 0 Å². The highest BCUT2D eigenvalue weighted by Gasteiger charge is 2.23. The molecule has 2 aromatic heterocycles. The summed E-state index contributed by atoms with van der Waals surface area (Å²) < 4.78 is 0. The molecule has 1 fully saturated rings. The van der Waals surface area contributed by atoms with Gasteiger partial charge in [-0.05, 0) is 29.7 Å². The number of anilines is 2. The van der Waals surface area contributed by atoms with Gasteiger partial charge in [0.25, 0.3) is 0 Å². The Morgan fingerprint density at radius 1 is 1.21 bits per heavy atom. The van der Waals surface area contributed by atoms with Crippen LogP contribution in [-0.4, -0.2) is 63.5 Å². The third-order valence-corrected chi connectivity index (χ3v) is 5.12. The summed E-state index contributed by atoms with van der Waals surface area (Å²) in [7, 11) is 0. The van der Waals surface area contributed by atoms with Crippen molar-refractivity contribution in [2.75, 3.05) is 42.9 Å². The van der Waals surface area contributed by atoms with Gasteiger partial charge in [-0.1, -0.05) is 25.1 Å². The zero-order valence-corrected chi connectivity index (χ0v) is 16.4. The first-order valence-corrected chi connectivity index (χ1v) is 9.73. The number of aryl methyl sites for hydroxylation is 1. The molecule has 9 heteroatoms. The van der Waals surface area contributed by atoms with Gasteiger partial charge in [0.15, 0.2) is 11.5 Å². The van der Waals surface area contributed by atoms with Crippen LogP contribution >= 0.6 is 11.6 Å². The smallest absolute Gasteiger partial charge is 0.238 e. The molecule has 146 valence electrons. The number of carbonyl (C=O) groups excluding carboxylic acids is 1. The molecule has 1 aliphatic heterocycles. The topological polar surface area (TPSA) is 90.0 Å². The van der Waals surface area contributed by atoms with E-state index in [1.807, 2.05) is 24.3 Å². The highest BCUT2D eigenvalue weighted by Crippen LogP contribution is 2.23. The van der Waals surface area contributed by atoms with Crippen LogP contribution in [0.25, 0.3) is 11.2 Å². The number of rotatable bonds is 5. The van der Waals surface area contributed by atoms with E-state index < -0.39 is 0 Å². The molecule has 0 atom stereocenters. The second kappa shape index (κ2) is 8.12. The second-order valence-electron chi connectivity index (χ2n) is 6.74. The Morgan fingerprint density at radius 2 is 2.00 bits per heavy atom. The van der Waals surface area contributed by atoms with Crippen LogP contribution in [0, 0.1) is 0 Å². The van der Waals surface area contributed by atoms with Gasteiger partial charge in [0, 0.05) is 31.9 Å². The van der Waals surface area contributed by atoms with E-state index in [1.165, 1.54) is 0 Å². The number of halogens is 1. The predicted octanol–water partition coefficient (Wildman–Crippen LogP) is 2.33. The van der Waals surface area contributed by atoms with Gasteiger partial charge in [-0.25, -0.2) is 4.98 Å². The molecule has 8 nitrogen and oxygen atoms in total. The van der Waals surface area contributed by atoms with E-state index in [-0.39, 0.29) is 11.2 Å². The maximum absolute atomic E-state index is 12.5. The minimum absolute atomic E-state index is 0.00962. The van der Waals surface area contributed by atoms with Crippen LogP contribution in [-0.2, 0) is 11.2 Å². The Balaban J connectivity index is 1.36. The molecule has 0 saturated carbocycles. The number of aromatic amines is 1. The average Bonchev–Trinajstić information content (AvgIpc) is 3.16. The molecular weight excluding hydrogens is 378 g/mol. The summed E-state index contributed by atoms with van der Waals surface area (Å²) in [6, 6.07) is 7.92. The fourth-order valence-electron chi connectivity index (χ4n) is 3.48. The molecule has 1 aliphatic rings. The lowest BCUT2D eigenvalue weighted by Gasteiger charge is -2.35. The van der Waals surface area contributed by atoms with E-state index in [1.54, 1.807) is 6.33 Å². The number of amides is 1. The zero-order valence-electron chi connectivity index (χ0n) is 15.7. The summed E-state index contributed by atoms with van der Waals surface area (Å²) in [6.45, 7) is 5.48. The standard InChI is InChI=1S/C19H22ClN7O/c1-2-13-5-3-4-6-14(13)23-15(28)11-26-7-9-27(10-8-26)18-16-17(22-12-21-16)24-19(20)25-18/h3-6,12H,2,7-11H2,1H3,(H,23,28)(H,21,22,24,25). The van der Waals surface area contributed by atoms with Gasteiger partial charge in [0.2, 0.25) is 11.2 Å². The largest absolute Gasteiger partial charge is 0.352 e. The van der Waals surface area contributed by atoms with Gasteiger partial charge < -0.3 is 15.2 Å². The Hall–Kier alpha value is -2.71. The minimum atomic E-state index is 0.00962.